The Morgan fingerprint density at radius 1 is 1.22 bits per heavy atom. The third kappa shape index (κ3) is 5.99. The number of hydrogen-bond donors (Lipinski definition) is 1. The summed E-state index contributed by atoms with van der Waals surface area (Å²) in [6.45, 7) is 1.49. The van der Waals surface area contributed by atoms with Gasteiger partial charge in [0.2, 0.25) is 11.8 Å². The number of nitrogens with zero attached hydrogens (tertiary/aromatic N) is 1. The Balaban J connectivity index is 2.03. The molecule has 1 aromatic carbocycles. The second-order valence-corrected chi connectivity index (χ2v) is 6.20. The van der Waals surface area contributed by atoms with Crippen LogP contribution in [0.4, 0.5) is 18.9 Å². The summed E-state index contributed by atoms with van der Waals surface area (Å²) in [6.07, 6.45) is -1.93. The summed E-state index contributed by atoms with van der Waals surface area (Å²) in [6, 6.07) is 7.96. The van der Waals surface area contributed by atoms with E-state index in [1.165, 1.54) is 29.2 Å². The summed E-state index contributed by atoms with van der Waals surface area (Å²) in [7, 11) is 0. The molecular formula is C18H16BrF3N2O3. The Morgan fingerprint density at radius 3 is 2.52 bits per heavy atom. The molecule has 0 saturated carbocycles. The van der Waals surface area contributed by atoms with Crippen LogP contribution in [-0.2, 0) is 15.8 Å². The van der Waals surface area contributed by atoms with Crippen LogP contribution in [0.15, 0.2) is 51.6 Å². The molecule has 144 valence electrons. The number of benzene rings is 1. The van der Waals surface area contributed by atoms with Crippen molar-refractivity contribution in [2.45, 2.75) is 13.1 Å². The highest BCUT2D eigenvalue weighted by Gasteiger charge is 2.33. The van der Waals surface area contributed by atoms with Crippen molar-refractivity contribution in [1.29, 1.82) is 0 Å². The topological polar surface area (TPSA) is 62.6 Å². The highest BCUT2D eigenvalue weighted by atomic mass is 79.9. The number of amides is 2. The normalized spacial score (nSPS) is 11.6. The van der Waals surface area contributed by atoms with Gasteiger partial charge in [0, 0.05) is 12.6 Å². The highest BCUT2D eigenvalue weighted by molar-refractivity contribution is 9.10. The first-order valence-electron chi connectivity index (χ1n) is 7.89. The molecule has 1 aromatic heterocycles. The number of halogens is 4. The van der Waals surface area contributed by atoms with Gasteiger partial charge in [-0.3, -0.25) is 9.59 Å². The van der Waals surface area contributed by atoms with Crippen LogP contribution in [0.2, 0.25) is 0 Å². The first kappa shape index (κ1) is 20.8. The predicted octanol–water partition coefficient (Wildman–Crippen LogP) is 4.56. The van der Waals surface area contributed by atoms with E-state index in [-0.39, 0.29) is 18.8 Å². The van der Waals surface area contributed by atoms with Gasteiger partial charge in [0.25, 0.3) is 0 Å². The van der Waals surface area contributed by atoms with Gasteiger partial charge in [0.15, 0.2) is 4.67 Å². The van der Waals surface area contributed by atoms with Gasteiger partial charge in [-0.25, -0.2) is 0 Å². The largest absolute Gasteiger partial charge is 0.450 e. The van der Waals surface area contributed by atoms with Gasteiger partial charge in [-0.05, 0) is 53.2 Å². The standard InChI is InChI=1S/C18H16BrF3N2O3/c1-2-24(17(26)10-8-12-7-9-15(19)27-12)11-16(25)23-14-6-4-3-5-13(14)18(20,21)22/h3-10H,2,11H2,1H3,(H,23,25)/b10-8+. The van der Waals surface area contributed by atoms with Gasteiger partial charge >= 0.3 is 6.18 Å². The number of likely N-dealkylation sites (N-methyl/N-ethyl adjacent to an activating group) is 1. The average molecular weight is 445 g/mol. The third-order valence-electron chi connectivity index (χ3n) is 3.52. The first-order chi connectivity index (χ1) is 12.7. The van der Waals surface area contributed by atoms with E-state index in [9.17, 15) is 22.8 Å². The second kappa shape index (κ2) is 8.90. The molecule has 0 unspecified atom stereocenters. The molecular weight excluding hydrogens is 429 g/mol. The fraction of sp³-hybridized carbons (Fsp3) is 0.222. The lowest BCUT2D eigenvalue weighted by Crippen LogP contribution is -2.37. The summed E-state index contributed by atoms with van der Waals surface area (Å²) in [5, 5.41) is 2.21. The lowest BCUT2D eigenvalue weighted by molar-refractivity contribution is -0.137. The van der Waals surface area contributed by atoms with Crippen LogP contribution < -0.4 is 5.32 Å². The van der Waals surface area contributed by atoms with Crippen molar-refractivity contribution in [1.82, 2.24) is 4.90 Å². The molecule has 0 aliphatic carbocycles. The number of alkyl halides is 3. The molecule has 2 aromatic rings. The van der Waals surface area contributed by atoms with Crippen molar-refractivity contribution in [3.05, 3.63) is 58.5 Å². The Morgan fingerprint density at radius 2 is 1.93 bits per heavy atom. The van der Waals surface area contributed by atoms with Gasteiger partial charge in [-0.15, -0.1) is 0 Å². The van der Waals surface area contributed by atoms with Crippen LogP contribution >= 0.6 is 15.9 Å². The fourth-order valence-electron chi connectivity index (χ4n) is 2.22. The van der Waals surface area contributed by atoms with E-state index < -0.39 is 23.6 Å². The molecule has 2 rings (SSSR count). The number of carbonyl (C=O) groups is 2. The van der Waals surface area contributed by atoms with Crippen LogP contribution in [0, 0.1) is 0 Å². The number of carbonyl (C=O) groups excluding carboxylic acids is 2. The lowest BCUT2D eigenvalue weighted by atomic mass is 10.1. The molecule has 2 amide bonds. The van der Waals surface area contributed by atoms with E-state index in [1.807, 2.05) is 0 Å². The van der Waals surface area contributed by atoms with Gasteiger partial charge in [0.05, 0.1) is 11.3 Å². The SMILES string of the molecule is CCN(CC(=O)Nc1ccccc1C(F)(F)F)C(=O)/C=C/c1ccc(Br)o1. The quantitative estimate of drug-likeness (QED) is 0.664. The molecule has 1 heterocycles. The minimum atomic E-state index is -4.59. The van der Waals surface area contributed by atoms with Crippen molar-refractivity contribution >= 4 is 39.5 Å². The van der Waals surface area contributed by atoms with E-state index in [2.05, 4.69) is 21.2 Å². The van der Waals surface area contributed by atoms with Crippen LogP contribution in [-0.4, -0.2) is 29.8 Å². The summed E-state index contributed by atoms with van der Waals surface area (Å²) in [4.78, 5) is 25.5. The Labute approximate surface area is 162 Å². The summed E-state index contributed by atoms with van der Waals surface area (Å²) in [5.41, 5.74) is -1.30. The smallest absolute Gasteiger partial charge is 0.418 e. The minimum Gasteiger partial charge on any atom is -0.450 e. The molecule has 5 nitrogen and oxygen atoms in total. The molecule has 0 saturated heterocycles. The lowest BCUT2D eigenvalue weighted by Gasteiger charge is -2.19. The molecule has 0 aliphatic rings. The van der Waals surface area contributed by atoms with Crippen LogP contribution in [0.1, 0.15) is 18.2 Å². The number of para-hydroxylation sites is 1. The first-order valence-corrected chi connectivity index (χ1v) is 8.68. The Bertz CT molecular complexity index is 846. The zero-order valence-corrected chi connectivity index (χ0v) is 15.8. The molecule has 0 atom stereocenters. The second-order valence-electron chi connectivity index (χ2n) is 5.42. The Kier molecular flexibility index (Phi) is 6.84. The van der Waals surface area contributed by atoms with Gasteiger partial charge in [-0.2, -0.15) is 13.2 Å². The van der Waals surface area contributed by atoms with E-state index in [0.29, 0.717) is 10.4 Å². The number of rotatable bonds is 6. The number of furan rings is 1. The van der Waals surface area contributed by atoms with Crippen molar-refractivity contribution < 1.29 is 27.2 Å². The highest BCUT2D eigenvalue weighted by Crippen LogP contribution is 2.34. The summed E-state index contributed by atoms with van der Waals surface area (Å²) in [5.74, 6) is -0.754. The Hall–Kier alpha value is -2.55. The zero-order valence-electron chi connectivity index (χ0n) is 14.2. The number of nitrogens with one attached hydrogen (secondary N) is 1. The van der Waals surface area contributed by atoms with Crippen molar-refractivity contribution in [2.24, 2.45) is 0 Å². The third-order valence-corrected chi connectivity index (χ3v) is 3.94. The maximum Gasteiger partial charge on any atom is 0.418 e. The van der Waals surface area contributed by atoms with E-state index in [4.69, 9.17) is 4.42 Å². The van der Waals surface area contributed by atoms with E-state index in [1.54, 1.807) is 19.1 Å². The van der Waals surface area contributed by atoms with Crippen molar-refractivity contribution in [2.75, 3.05) is 18.4 Å². The molecule has 0 radical (unpaired) electrons. The minimum absolute atomic E-state index is 0.208. The predicted molar refractivity (Wildman–Crippen MR) is 97.8 cm³/mol. The average Bonchev–Trinajstić information content (AvgIpc) is 3.02. The van der Waals surface area contributed by atoms with Gasteiger partial charge in [-0.1, -0.05) is 12.1 Å². The molecule has 0 aliphatic heterocycles. The maximum atomic E-state index is 13.0. The van der Waals surface area contributed by atoms with Crippen LogP contribution in [0.3, 0.4) is 0 Å². The maximum absolute atomic E-state index is 13.0. The monoisotopic (exact) mass is 444 g/mol. The van der Waals surface area contributed by atoms with Gasteiger partial charge in [0.1, 0.15) is 12.3 Å². The molecule has 27 heavy (non-hydrogen) atoms. The van der Waals surface area contributed by atoms with E-state index in [0.717, 1.165) is 12.1 Å². The van der Waals surface area contributed by atoms with Crippen molar-refractivity contribution in [3.63, 3.8) is 0 Å². The molecule has 0 bridgehead atoms. The molecule has 1 N–H and O–H groups in total. The summed E-state index contributed by atoms with van der Waals surface area (Å²) >= 11 is 3.14. The van der Waals surface area contributed by atoms with Crippen molar-refractivity contribution in [3.8, 4) is 0 Å². The van der Waals surface area contributed by atoms with Gasteiger partial charge < -0.3 is 14.6 Å². The molecule has 0 spiro atoms. The zero-order chi connectivity index (χ0) is 20.0. The van der Waals surface area contributed by atoms with E-state index >= 15 is 0 Å². The number of anilines is 1. The fourth-order valence-corrected chi connectivity index (χ4v) is 2.54. The summed E-state index contributed by atoms with van der Waals surface area (Å²) < 4.78 is 44.7. The van der Waals surface area contributed by atoms with Crippen LogP contribution in [0.25, 0.3) is 6.08 Å². The van der Waals surface area contributed by atoms with Crippen LogP contribution in [0.5, 0.6) is 0 Å². The molecule has 9 heteroatoms. The number of hydrogen-bond acceptors (Lipinski definition) is 3. The molecule has 0 fully saturated rings.